The molecule has 0 saturated carbocycles. The highest BCUT2D eigenvalue weighted by atomic mass is 32.2. The fraction of sp³-hybridized carbons (Fsp3) is 0.100. The van der Waals surface area contributed by atoms with E-state index in [9.17, 15) is 8.42 Å². The lowest BCUT2D eigenvalue weighted by molar-refractivity contribution is 0.432. The van der Waals surface area contributed by atoms with Crippen LogP contribution in [0.25, 0.3) is 22.8 Å². The molecule has 28 heavy (non-hydrogen) atoms. The van der Waals surface area contributed by atoms with Crippen molar-refractivity contribution in [2.24, 2.45) is 0 Å². The molecule has 0 spiro atoms. The van der Waals surface area contributed by atoms with E-state index in [-0.39, 0.29) is 4.21 Å². The van der Waals surface area contributed by atoms with E-state index < -0.39 is 10.0 Å². The predicted molar refractivity (Wildman–Crippen MR) is 110 cm³/mol. The van der Waals surface area contributed by atoms with Crippen molar-refractivity contribution in [2.45, 2.75) is 18.1 Å². The van der Waals surface area contributed by atoms with Gasteiger partial charge >= 0.3 is 0 Å². The normalized spacial score (nSPS) is 11.5. The van der Waals surface area contributed by atoms with Gasteiger partial charge in [-0.2, -0.15) is 4.98 Å². The van der Waals surface area contributed by atoms with Crippen LogP contribution in [0, 0.1) is 13.8 Å². The van der Waals surface area contributed by atoms with Gasteiger partial charge in [0.05, 0.1) is 0 Å². The minimum absolute atomic E-state index is 0.271. The molecular formula is C20H17N3O3S2. The number of sulfonamides is 1. The first-order chi connectivity index (χ1) is 13.4. The molecule has 0 unspecified atom stereocenters. The average molecular weight is 412 g/mol. The first-order valence-corrected chi connectivity index (χ1v) is 10.9. The molecule has 4 rings (SSSR count). The van der Waals surface area contributed by atoms with E-state index in [1.807, 2.05) is 26.0 Å². The number of anilines is 1. The molecule has 0 aliphatic carbocycles. The summed E-state index contributed by atoms with van der Waals surface area (Å²) in [7, 11) is -3.57. The number of thiophene rings is 1. The Balaban J connectivity index is 1.56. The van der Waals surface area contributed by atoms with Gasteiger partial charge in [0, 0.05) is 16.8 Å². The molecule has 2 heterocycles. The lowest BCUT2D eigenvalue weighted by atomic mass is 10.1. The lowest BCUT2D eigenvalue weighted by Gasteiger charge is -2.06. The van der Waals surface area contributed by atoms with Gasteiger partial charge in [0.25, 0.3) is 15.9 Å². The van der Waals surface area contributed by atoms with Gasteiger partial charge < -0.3 is 4.52 Å². The Bertz CT molecular complexity index is 1190. The molecule has 0 atom stereocenters. The highest BCUT2D eigenvalue weighted by molar-refractivity contribution is 7.94. The molecule has 1 N–H and O–H groups in total. The fourth-order valence-electron chi connectivity index (χ4n) is 2.87. The Hall–Kier alpha value is -2.97. The van der Waals surface area contributed by atoms with Crippen LogP contribution in [-0.4, -0.2) is 18.6 Å². The molecule has 2 aromatic heterocycles. The highest BCUT2D eigenvalue weighted by Gasteiger charge is 2.16. The minimum Gasteiger partial charge on any atom is -0.334 e. The quantitative estimate of drug-likeness (QED) is 0.506. The summed E-state index contributed by atoms with van der Waals surface area (Å²) in [6.07, 6.45) is 0. The Kier molecular flexibility index (Phi) is 4.74. The zero-order chi connectivity index (χ0) is 19.7. The molecule has 0 aliphatic heterocycles. The smallest absolute Gasteiger partial charge is 0.271 e. The summed E-state index contributed by atoms with van der Waals surface area (Å²) in [4.78, 5) is 4.46. The topological polar surface area (TPSA) is 85.1 Å². The molecule has 0 saturated heterocycles. The molecule has 6 nitrogen and oxygen atoms in total. The van der Waals surface area contributed by atoms with Crippen molar-refractivity contribution in [1.82, 2.24) is 10.1 Å². The summed E-state index contributed by atoms with van der Waals surface area (Å²) in [5.41, 5.74) is 4.32. The monoisotopic (exact) mass is 411 g/mol. The van der Waals surface area contributed by atoms with E-state index >= 15 is 0 Å². The van der Waals surface area contributed by atoms with Crippen LogP contribution in [0.5, 0.6) is 0 Å². The van der Waals surface area contributed by atoms with Crippen molar-refractivity contribution < 1.29 is 12.9 Å². The Morgan fingerprint density at radius 3 is 2.32 bits per heavy atom. The van der Waals surface area contributed by atoms with Gasteiger partial charge in [-0.3, -0.25) is 4.72 Å². The first kappa shape index (κ1) is 18.4. The van der Waals surface area contributed by atoms with Crippen molar-refractivity contribution in [3.63, 3.8) is 0 Å². The molecule has 0 bridgehead atoms. The number of aromatic nitrogens is 2. The Morgan fingerprint density at radius 2 is 1.68 bits per heavy atom. The van der Waals surface area contributed by atoms with Crippen LogP contribution in [0.1, 0.15) is 11.1 Å². The maximum absolute atomic E-state index is 12.3. The largest absolute Gasteiger partial charge is 0.334 e. The van der Waals surface area contributed by atoms with Crippen molar-refractivity contribution in [1.29, 1.82) is 0 Å². The van der Waals surface area contributed by atoms with Crippen molar-refractivity contribution in [3.8, 4) is 22.8 Å². The average Bonchev–Trinajstić information content (AvgIpc) is 3.34. The number of benzene rings is 2. The maximum atomic E-state index is 12.3. The summed E-state index contributed by atoms with van der Waals surface area (Å²) < 4.78 is 32.8. The van der Waals surface area contributed by atoms with Crippen LogP contribution in [0.15, 0.2) is 68.7 Å². The molecule has 0 radical (unpaired) electrons. The van der Waals surface area contributed by atoms with E-state index in [1.165, 1.54) is 11.3 Å². The van der Waals surface area contributed by atoms with Gasteiger partial charge in [0.15, 0.2) is 0 Å². The van der Waals surface area contributed by atoms with Crippen LogP contribution in [0.2, 0.25) is 0 Å². The van der Waals surface area contributed by atoms with Gasteiger partial charge in [-0.1, -0.05) is 28.4 Å². The SMILES string of the molecule is Cc1cc(C)cc(-c2nc(-c3ccc(NS(=O)(=O)c4cccs4)cc3)no2)c1. The minimum atomic E-state index is -3.57. The number of nitrogens with one attached hydrogen (secondary N) is 1. The lowest BCUT2D eigenvalue weighted by Crippen LogP contribution is -2.11. The first-order valence-electron chi connectivity index (χ1n) is 8.50. The number of nitrogens with zero attached hydrogens (tertiary/aromatic N) is 2. The van der Waals surface area contributed by atoms with Gasteiger partial charge in [0.1, 0.15) is 4.21 Å². The molecule has 0 fully saturated rings. The summed E-state index contributed by atoms with van der Waals surface area (Å²) in [6, 6.07) is 16.2. The van der Waals surface area contributed by atoms with Gasteiger partial charge in [0.2, 0.25) is 5.82 Å². The molecule has 0 aliphatic rings. The van der Waals surface area contributed by atoms with E-state index in [0.717, 1.165) is 22.3 Å². The third kappa shape index (κ3) is 3.83. The van der Waals surface area contributed by atoms with Crippen LogP contribution >= 0.6 is 11.3 Å². The van der Waals surface area contributed by atoms with Gasteiger partial charge in [-0.25, -0.2) is 8.42 Å². The Labute approximate surface area is 166 Å². The number of aryl methyl sites for hydroxylation is 2. The second kappa shape index (κ2) is 7.21. The molecule has 8 heteroatoms. The van der Waals surface area contributed by atoms with Crippen LogP contribution in [-0.2, 0) is 10.0 Å². The van der Waals surface area contributed by atoms with E-state index in [1.54, 1.807) is 41.8 Å². The molecular weight excluding hydrogens is 394 g/mol. The van der Waals surface area contributed by atoms with Crippen LogP contribution in [0.4, 0.5) is 5.69 Å². The fourth-order valence-corrected chi connectivity index (χ4v) is 4.92. The second-order valence-corrected chi connectivity index (χ2v) is 9.27. The summed E-state index contributed by atoms with van der Waals surface area (Å²) in [6.45, 7) is 4.04. The van der Waals surface area contributed by atoms with E-state index in [2.05, 4.69) is 20.9 Å². The summed E-state index contributed by atoms with van der Waals surface area (Å²) >= 11 is 1.17. The highest BCUT2D eigenvalue weighted by Crippen LogP contribution is 2.26. The zero-order valence-corrected chi connectivity index (χ0v) is 16.8. The molecule has 0 amide bonds. The van der Waals surface area contributed by atoms with Crippen LogP contribution in [0.3, 0.4) is 0 Å². The van der Waals surface area contributed by atoms with E-state index in [4.69, 9.17) is 4.52 Å². The molecule has 4 aromatic rings. The van der Waals surface area contributed by atoms with Gasteiger partial charge in [-0.05, 0) is 61.7 Å². The van der Waals surface area contributed by atoms with Crippen LogP contribution < -0.4 is 4.72 Å². The maximum Gasteiger partial charge on any atom is 0.271 e. The number of hydrogen-bond donors (Lipinski definition) is 1. The summed E-state index contributed by atoms with van der Waals surface area (Å²) in [5.74, 6) is 0.895. The summed E-state index contributed by atoms with van der Waals surface area (Å²) in [5, 5.41) is 5.77. The number of hydrogen-bond acceptors (Lipinski definition) is 6. The van der Waals surface area contributed by atoms with E-state index in [0.29, 0.717) is 17.4 Å². The van der Waals surface area contributed by atoms with Crippen molar-refractivity contribution >= 4 is 27.0 Å². The number of rotatable bonds is 5. The predicted octanol–water partition coefficient (Wildman–Crippen LogP) is 4.88. The van der Waals surface area contributed by atoms with Crippen molar-refractivity contribution in [3.05, 3.63) is 71.1 Å². The second-order valence-electron chi connectivity index (χ2n) is 6.41. The third-order valence-electron chi connectivity index (χ3n) is 4.05. The third-order valence-corrected chi connectivity index (χ3v) is 6.83. The molecule has 2 aromatic carbocycles. The molecule has 142 valence electrons. The zero-order valence-electron chi connectivity index (χ0n) is 15.2. The Morgan fingerprint density at radius 1 is 0.964 bits per heavy atom. The van der Waals surface area contributed by atoms with Crippen molar-refractivity contribution in [2.75, 3.05) is 4.72 Å². The van der Waals surface area contributed by atoms with Gasteiger partial charge in [-0.15, -0.1) is 11.3 Å². The standard InChI is InChI=1S/C20H17N3O3S2/c1-13-10-14(2)12-16(11-13)20-21-19(22-26-20)15-5-7-17(8-6-15)23-28(24,25)18-4-3-9-27-18/h3-12,23H,1-2H3.